The van der Waals surface area contributed by atoms with Gasteiger partial charge >= 0.3 is 0 Å². The molecule has 1 saturated heterocycles. The minimum absolute atomic E-state index is 0.0205. The van der Waals surface area contributed by atoms with Crippen LogP contribution in [0, 0.1) is 0 Å². The summed E-state index contributed by atoms with van der Waals surface area (Å²) in [6, 6.07) is 3.12. The zero-order valence-electron chi connectivity index (χ0n) is 11.4. The summed E-state index contributed by atoms with van der Waals surface area (Å²) in [6.45, 7) is 1.61. The molecule has 0 aliphatic carbocycles. The van der Waals surface area contributed by atoms with E-state index in [1.165, 1.54) is 6.40 Å². The maximum Gasteiger partial charge on any atom is 0.251 e. The van der Waals surface area contributed by atoms with E-state index in [1.54, 1.807) is 19.4 Å². The number of ether oxygens (including phenoxy) is 2. The second-order valence-corrected chi connectivity index (χ2v) is 4.89. The fourth-order valence-corrected chi connectivity index (χ4v) is 2.67. The topological polar surface area (TPSA) is 64.0 Å². The third-order valence-electron chi connectivity index (χ3n) is 3.69. The molecule has 106 valence electrons. The van der Waals surface area contributed by atoms with Crippen molar-refractivity contribution in [3.05, 3.63) is 23.9 Å². The number of nitrogens with zero attached hydrogens (tertiary/aromatic N) is 3. The number of amides is 1. The van der Waals surface area contributed by atoms with Crippen LogP contribution >= 0.6 is 0 Å². The minimum atomic E-state index is -0.536. The van der Waals surface area contributed by atoms with Crippen molar-refractivity contribution < 1.29 is 14.3 Å². The number of aromatic nitrogens is 1. The van der Waals surface area contributed by atoms with Crippen LogP contribution in [0.3, 0.4) is 0 Å². The van der Waals surface area contributed by atoms with Crippen LogP contribution < -0.4 is 4.74 Å². The summed E-state index contributed by atoms with van der Waals surface area (Å²) in [7, 11) is 1.55. The van der Waals surface area contributed by atoms with E-state index in [9.17, 15) is 4.79 Å². The molecule has 20 heavy (non-hydrogen) atoms. The summed E-state index contributed by atoms with van der Waals surface area (Å²) in [4.78, 5) is 22.7. The molecule has 1 amide bonds. The molecule has 0 radical (unpaired) electrons. The summed E-state index contributed by atoms with van der Waals surface area (Å²) >= 11 is 0. The first kappa shape index (κ1) is 12.9. The van der Waals surface area contributed by atoms with Gasteiger partial charge in [-0.25, -0.2) is 9.98 Å². The molecule has 0 spiro atoms. The summed E-state index contributed by atoms with van der Waals surface area (Å²) in [5.74, 6) is 0.495. The lowest BCUT2D eigenvalue weighted by Gasteiger charge is -2.23. The van der Waals surface area contributed by atoms with Crippen molar-refractivity contribution in [2.75, 3.05) is 20.2 Å². The van der Waals surface area contributed by atoms with Crippen LogP contribution in [0.5, 0.6) is 5.88 Å². The molecule has 6 heteroatoms. The van der Waals surface area contributed by atoms with Crippen molar-refractivity contribution in [1.29, 1.82) is 0 Å². The van der Waals surface area contributed by atoms with E-state index >= 15 is 0 Å². The SMILES string of the molecule is COc1ncccc1C1OC=NC1C(=O)N1CCCC1. The van der Waals surface area contributed by atoms with Gasteiger partial charge in [0.1, 0.15) is 0 Å². The third-order valence-corrected chi connectivity index (χ3v) is 3.69. The highest BCUT2D eigenvalue weighted by atomic mass is 16.5. The van der Waals surface area contributed by atoms with Crippen molar-refractivity contribution in [2.45, 2.75) is 25.0 Å². The average molecular weight is 275 g/mol. The lowest BCUT2D eigenvalue weighted by atomic mass is 10.0. The smallest absolute Gasteiger partial charge is 0.251 e. The molecular formula is C14H17N3O3. The number of aliphatic imine (C=N–C) groups is 1. The fraction of sp³-hybridized carbons (Fsp3) is 0.500. The summed E-state index contributed by atoms with van der Waals surface area (Å²) in [5, 5.41) is 0. The largest absolute Gasteiger partial charge is 0.481 e. The molecule has 3 heterocycles. The quantitative estimate of drug-likeness (QED) is 0.831. The van der Waals surface area contributed by atoms with E-state index in [0.717, 1.165) is 31.5 Å². The maximum atomic E-state index is 12.5. The Morgan fingerprint density at radius 1 is 1.45 bits per heavy atom. The van der Waals surface area contributed by atoms with Gasteiger partial charge in [-0.1, -0.05) is 0 Å². The predicted octanol–water partition coefficient (Wildman–Crippen LogP) is 1.18. The second kappa shape index (κ2) is 5.48. The Balaban J connectivity index is 1.84. The van der Waals surface area contributed by atoms with Gasteiger partial charge in [-0.2, -0.15) is 0 Å². The number of carbonyl (C=O) groups is 1. The van der Waals surface area contributed by atoms with Gasteiger partial charge in [-0.15, -0.1) is 0 Å². The molecule has 1 fully saturated rings. The van der Waals surface area contributed by atoms with Gasteiger partial charge in [0.15, 0.2) is 18.5 Å². The minimum Gasteiger partial charge on any atom is -0.481 e. The average Bonchev–Trinajstić information content (AvgIpc) is 3.17. The number of hydrogen-bond acceptors (Lipinski definition) is 5. The Kier molecular flexibility index (Phi) is 3.54. The lowest BCUT2D eigenvalue weighted by molar-refractivity contribution is -0.133. The van der Waals surface area contributed by atoms with Gasteiger partial charge in [0.05, 0.1) is 12.7 Å². The standard InChI is InChI=1S/C14H17N3O3/c1-19-13-10(5-4-6-15-13)12-11(16-9-20-12)14(18)17-7-2-3-8-17/h4-6,9,11-12H,2-3,7-8H2,1H3. The highest BCUT2D eigenvalue weighted by molar-refractivity contribution is 5.85. The van der Waals surface area contributed by atoms with E-state index in [0.29, 0.717) is 5.88 Å². The van der Waals surface area contributed by atoms with Gasteiger partial charge in [0.25, 0.3) is 5.91 Å². The zero-order valence-corrected chi connectivity index (χ0v) is 11.4. The predicted molar refractivity (Wildman–Crippen MR) is 72.7 cm³/mol. The molecule has 6 nitrogen and oxygen atoms in total. The van der Waals surface area contributed by atoms with Crippen LogP contribution in [0.1, 0.15) is 24.5 Å². The van der Waals surface area contributed by atoms with Crippen molar-refractivity contribution in [2.24, 2.45) is 4.99 Å². The number of carbonyl (C=O) groups excluding carboxylic acids is 1. The molecule has 0 bridgehead atoms. The van der Waals surface area contributed by atoms with Crippen LogP contribution in [0.2, 0.25) is 0 Å². The van der Waals surface area contributed by atoms with Crippen LogP contribution in [0.25, 0.3) is 0 Å². The van der Waals surface area contributed by atoms with Gasteiger partial charge < -0.3 is 14.4 Å². The molecule has 2 aliphatic rings. The van der Waals surface area contributed by atoms with E-state index in [2.05, 4.69) is 9.98 Å². The van der Waals surface area contributed by atoms with Gasteiger partial charge in [-0.3, -0.25) is 4.79 Å². The Labute approximate surface area is 117 Å². The second-order valence-electron chi connectivity index (χ2n) is 4.89. The Bertz CT molecular complexity index is 526. The first-order chi connectivity index (χ1) is 9.81. The Morgan fingerprint density at radius 3 is 3.00 bits per heavy atom. The molecule has 0 saturated carbocycles. The molecule has 0 aromatic carbocycles. The highest BCUT2D eigenvalue weighted by Crippen LogP contribution is 2.33. The van der Waals surface area contributed by atoms with Gasteiger partial charge in [0.2, 0.25) is 5.88 Å². The van der Waals surface area contributed by atoms with Crippen LogP contribution in [-0.2, 0) is 9.53 Å². The zero-order chi connectivity index (χ0) is 13.9. The third kappa shape index (κ3) is 2.21. The molecule has 3 rings (SSSR count). The molecular weight excluding hydrogens is 258 g/mol. The fourth-order valence-electron chi connectivity index (χ4n) is 2.67. The number of hydrogen-bond donors (Lipinski definition) is 0. The summed E-state index contributed by atoms with van der Waals surface area (Å²) < 4.78 is 10.8. The molecule has 1 aromatic rings. The van der Waals surface area contributed by atoms with Crippen LogP contribution in [0.4, 0.5) is 0 Å². The number of rotatable bonds is 3. The number of likely N-dealkylation sites (tertiary alicyclic amines) is 1. The highest BCUT2D eigenvalue weighted by Gasteiger charge is 2.39. The van der Waals surface area contributed by atoms with Gasteiger partial charge in [-0.05, 0) is 25.0 Å². The van der Waals surface area contributed by atoms with Gasteiger partial charge in [0, 0.05) is 19.3 Å². The monoisotopic (exact) mass is 275 g/mol. The summed E-state index contributed by atoms with van der Waals surface area (Å²) in [5.41, 5.74) is 0.755. The van der Waals surface area contributed by atoms with Crippen molar-refractivity contribution in [1.82, 2.24) is 9.88 Å². The maximum absolute atomic E-state index is 12.5. The Morgan fingerprint density at radius 2 is 2.25 bits per heavy atom. The lowest BCUT2D eigenvalue weighted by Crippen LogP contribution is -2.38. The van der Waals surface area contributed by atoms with Crippen LogP contribution in [-0.4, -0.2) is 48.4 Å². The molecule has 2 atom stereocenters. The first-order valence-electron chi connectivity index (χ1n) is 6.76. The van der Waals surface area contributed by atoms with Crippen molar-refractivity contribution >= 4 is 12.3 Å². The summed E-state index contributed by atoms with van der Waals surface area (Å²) in [6.07, 6.45) is 4.67. The molecule has 2 aliphatic heterocycles. The number of methoxy groups -OCH3 is 1. The molecule has 2 unspecified atom stereocenters. The first-order valence-corrected chi connectivity index (χ1v) is 6.76. The number of pyridine rings is 1. The Hall–Kier alpha value is -2.11. The molecule has 0 N–H and O–H groups in total. The van der Waals surface area contributed by atoms with Crippen molar-refractivity contribution in [3.63, 3.8) is 0 Å². The van der Waals surface area contributed by atoms with E-state index in [4.69, 9.17) is 9.47 Å². The van der Waals surface area contributed by atoms with Crippen molar-refractivity contribution in [3.8, 4) is 5.88 Å². The van der Waals surface area contributed by atoms with E-state index in [1.807, 2.05) is 11.0 Å². The van der Waals surface area contributed by atoms with E-state index in [-0.39, 0.29) is 5.91 Å². The van der Waals surface area contributed by atoms with E-state index < -0.39 is 12.1 Å². The normalized spacial score (nSPS) is 24.8. The molecule has 1 aromatic heterocycles. The van der Waals surface area contributed by atoms with Crippen LogP contribution in [0.15, 0.2) is 23.3 Å².